The van der Waals surface area contributed by atoms with Crippen molar-refractivity contribution in [2.24, 2.45) is 11.8 Å². The molecule has 0 fully saturated rings. The van der Waals surface area contributed by atoms with Gasteiger partial charge < -0.3 is 9.30 Å². The summed E-state index contributed by atoms with van der Waals surface area (Å²) in [5, 5.41) is 0. The molecular formula is C24H26FN3O3. The predicted octanol–water partition coefficient (Wildman–Crippen LogP) is 4.34. The minimum atomic E-state index is -1.13. The Labute approximate surface area is 180 Å². The summed E-state index contributed by atoms with van der Waals surface area (Å²) >= 11 is 0. The van der Waals surface area contributed by atoms with E-state index in [1.165, 1.54) is 12.1 Å². The van der Waals surface area contributed by atoms with E-state index in [1.54, 1.807) is 24.0 Å². The van der Waals surface area contributed by atoms with Gasteiger partial charge in [0.05, 0.1) is 23.7 Å². The van der Waals surface area contributed by atoms with Crippen LogP contribution in [0.1, 0.15) is 38.8 Å². The molecule has 4 rings (SSSR count). The molecule has 1 amide bonds. The van der Waals surface area contributed by atoms with Crippen molar-refractivity contribution in [1.82, 2.24) is 9.55 Å². The lowest BCUT2D eigenvalue weighted by molar-refractivity contribution is -0.153. The number of carbonyl (C=O) groups excluding carboxylic acids is 2. The van der Waals surface area contributed by atoms with Gasteiger partial charge in [-0.25, -0.2) is 9.37 Å². The fourth-order valence-corrected chi connectivity index (χ4v) is 4.14. The van der Waals surface area contributed by atoms with Crippen LogP contribution in [-0.4, -0.2) is 34.6 Å². The molecule has 0 bridgehead atoms. The number of rotatable bonds is 6. The summed E-state index contributed by atoms with van der Waals surface area (Å²) in [6, 6.07) is 12.8. The van der Waals surface area contributed by atoms with E-state index in [2.05, 4.69) is 13.8 Å². The lowest BCUT2D eigenvalue weighted by Crippen LogP contribution is -2.50. The van der Waals surface area contributed by atoms with Crippen LogP contribution in [-0.2, 0) is 14.3 Å². The minimum absolute atomic E-state index is 0.155. The highest BCUT2D eigenvalue weighted by molar-refractivity contribution is 6.08. The van der Waals surface area contributed by atoms with Crippen LogP contribution in [0.4, 0.5) is 10.3 Å². The summed E-state index contributed by atoms with van der Waals surface area (Å²) in [6.07, 6.45) is 0.759. The standard InChI is InChI=1S/C24H26FN3O3/c1-4-31-23(30)20-21(16-8-7-9-17(25)14-16)28-19-11-6-5-10-18(19)26-24(28)27(22(20)29)13-12-15(2)3/h5-11,14-15,20-21H,4,12-13H2,1-3H3/t20-,21-/m0/s1. The highest BCUT2D eigenvalue weighted by atomic mass is 19.1. The molecule has 6 nitrogen and oxygen atoms in total. The number of halogens is 1. The summed E-state index contributed by atoms with van der Waals surface area (Å²) in [5.41, 5.74) is 2.02. The second kappa shape index (κ2) is 8.49. The van der Waals surface area contributed by atoms with Crippen LogP contribution in [0, 0.1) is 17.7 Å². The summed E-state index contributed by atoms with van der Waals surface area (Å²) < 4.78 is 21.3. The Morgan fingerprint density at radius 1 is 1.19 bits per heavy atom. The number of hydrogen-bond acceptors (Lipinski definition) is 4. The highest BCUT2D eigenvalue weighted by Gasteiger charge is 2.47. The van der Waals surface area contributed by atoms with Crippen LogP contribution in [0.5, 0.6) is 0 Å². The van der Waals surface area contributed by atoms with Crippen molar-refractivity contribution in [2.45, 2.75) is 33.2 Å². The molecule has 31 heavy (non-hydrogen) atoms. The smallest absolute Gasteiger partial charge is 0.321 e. The van der Waals surface area contributed by atoms with Crippen LogP contribution in [0.2, 0.25) is 0 Å². The average molecular weight is 423 g/mol. The van der Waals surface area contributed by atoms with Gasteiger partial charge in [0, 0.05) is 6.54 Å². The van der Waals surface area contributed by atoms with Crippen LogP contribution in [0.15, 0.2) is 48.5 Å². The number of amides is 1. The molecule has 0 aliphatic carbocycles. The lowest BCUT2D eigenvalue weighted by atomic mass is 9.89. The zero-order valence-corrected chi connectivity index (χ0v) is 17.9. The predicted molar refractivity (Wildman–Crippen MR) is 116 cm³/mol. The SMILES string of the molecule is CCOC(=O)[C@@H]1C(=O)N(CCC(C)C)c2nc3ccccc3n2[C@H]1c1cccc(F)c1. The Morgan fingerprint density at radius 3 is 2.68 bits per heavy atom. The Hall–Kier alpha value is -3.22. The third kappa shape index (κ3) is 3.80. The molecule has 0 saturated carbocycles. The van der Waals surface area contributed by atoms with Crippen LogP contribution < -0.4 is 4.90 Å². The summed E-state index contributed by atoms with van der Waals surface area (Å²) in [6.45, 7) is 6.45. The molecule has 2 atom stereocenters. The Kier molecular flexibility index (Phi) is 5.76. The fraction of sp³-hybridized carbons (Fsp3) is 0.375. The number of carbonyl (C=O) groups is 2. The average Bonchev–Trinajstić information content (AvgIpc) is 3.11. The molecule has 0 radical (unpaired) electrons. The summed E-state index contributed by atoms with van der Waals surface area (Å²) in [5.74, 6) is -1.69. The third-order valence-electron chi connectivity index (χ3n) is 5.61. The molecule has 162 valence electrons. The molecule has 1 aliphatic rings. The molecule has 0 saturated heterocycles. The van der Waals surface area contributed by atoms with Crippen molar-refractivity contribution in [3.63, 3.8) is 0 Å². The molecular weight excluding hydrogens is 397 g/mol. The zero-order valence-electron chi connectivity index (χ0n) is 17.9. The number of esters is 1. The summed E-state index contributed by atoms with van der Waals surface area (Å²) in [7, 11) is 0. The van der Waals surface area contributed by atoms with E-state index in [-0.39, 0.29) is 12.5 Å². The van der Waals surface area contributed by atoms with E-state index in [9.17, 15) is 14.0 Å². The molecule has 2 aromatic carbocycles. The number of fused-ring (bicyclic) bond motifs is 3. The molecule has 7 heteroatoms. The number of benzene rings is 2. The van der Waals surface area contributed by atoms with Crippen molar-refractivity contribution in [3.05, 3.63) is 59.9 Å². The number of para-hydroxylation sites is 2. The zero-order chi connectivity index (χ0) is 22.1. The van der Waals surface area contributed by atoms with Gasteiger partial charge >= 0.3 is 5.97 Å². The number of ether oxygens (including phenoxy) is 1. The van der Waals surface area contributed by atoms with Crippen molar-refractivity contribution < 1.29 is 18.7 Å². The molecule has 3 aromatic rings. The largest absolute Gasteiger partial charge is 0.465 e. The molecule has 0 N–H and O–H groups in total. The quantitative estimate of drug-likeness (QED) is 0.437. The first-order chi connectivity index (χ1) is 14.9. The van der Waals surface area contributed by atoms with E-state index in [1.807, 2.05) is 28.8 Å². The number of hydrogen-bond donors (Lipinski definition) is 0. The third-order valence-corrected chi connectivity index (χ3v) is 5.61. The maximum atomic E-state index is 14.2. The van der Waals surface area contributed by atoms with Gasteiger partial charge in [-0.2, -0.15) is 0 Å². The minimum Gasteiger partial charge on any atom is -0.465 e. The van der Waals surface area contributed by atoms with Crippen molar-refractivity contribution in [3.8, 4) is 0 Å². The molecule has 0 spiro atoms. The Balaban J connectivity index is 1.97. The van der Waals surface area contributed by atoms with Gasteiger partial charge in [0.25, 0.3) is 0 Å². The highest BCUT2D eigenvalue weighted by Crippen LogP contribution is 2.41. The van der Waals surface area contributed by atoms with E-state index < -0.39 is 23.7 Å². The van der Waals surface area contributed by atoms with Crippen LogP contribution in [0.3, 0.4) is 0 Å². The van der Waals surface area contributed by atoms with Gasteiger partial charge in [-0.1, -0.05) is 38.1 Å². The van der Waals surface area contributed by atoms with Crippen LogP contribution >= 0.6 is 0 Å². The van der Waals surface area contributed by atoms with E-state index in [0.29, 0.717) is 29.5 Å². The van der Waals surface area contributed by atoms with Gasteiger partial charge in [0.15, 0.2) is 5.92 Å². The van der Waals surface area contributed by atoms with E-state index >= 15 is 0 Å². The second-order valence-electron chi connectivity index (χ2n) is 8.17. The molecule has 2 heterocycles. The number of anilines is 1. The number of imidazole rings is 1. The van der Waals surface area contributed by atoms with E-state index in [4.69, 9.17) is 9.72 Å². The van der Waals surface area contributed by atoms with E-state index in [0.717, 1.165) is 11.9 Å². The normalized spacial score (nSPS) is 18.5. The fourth-order valence-electron chi connectivity index (χ4n) is 4.14. The first-order valence-corrected chi connectivity index (χ1v) is 10.6. The lowest BCUT2D eigenvalue weighted by Gasteiger charge is -2.38. The Morgan fingerprint density at radius 2 is 1.97 bits per heavy atom. The maximum Gasteiger partial charge on any atom is 0.321 e. The van der Waals surface area contributed by atoms with Crippen molar-refractivity contribution in [2.75, 3.05) is 18.1 Å². The number of nitrogens with zero attached hydrogens (tertiary/aromatic N) is 3. The summed E-state index contributed by atoms with van der Waals surface area (Å²) in [4.78, 5) is 33.0. The topological polar surface area (TPSA) is 64.4 Å². The molecule has 1 aromatic heterocycles. The second-order valence-corrected chi connectivity index (χ2v) is 8.17. The maximum absolute atomic E-state index is 14.2. The Bertz CT molecular complexity index is 1120. The van der Waals surface area contributed by atoms with Gasteiger partial charge in [0.1, 0.15) is 5.82 Å². The van der Waals surface area contributed by atoms with Gasteiger partial charge in [-0.15, -0.1) is 0 Å². The first-order valence-electron chi connectivity index (χ1n) is 10.6. The monoisotopic (exact) mass is 423 g/mol. The van der Waals surface area contributed by atoms with Gasteiger partial charge in [-0.05, 0) is 49.1 Å². The first kappa shape index (κ1) is 21.0. The van der Waals surface area contributed by atoms with Crippen molar-refractivity contribution in [1.29, 1.82) is 0 Å². The molecule has 1 aliphatic heterocycles. The van der Waals surface area contributed by atoms with Gasteiger partial charge in [0.2, 0.25) is 11.9 Å². The molecule has 0 unspecified atom stereocenters. The number of aromatic nitrogens is 2. The van der Waals surface area contributed by atoms with Gasteiger partial charge in [-0.3, -0.25) is 14.5 Å². The van der Waals surface area contributed by atoms with Crippen LogP contribution in [0.25, 0.3) is 11.0 Å². The van der Waals surface area contributed by atoms with Crippen molar-refractivity contribution >= 4 is 28.9 Å².